The van der Waals surface area contributed by atoms with Gasteiger partial charge in [-0.15, -0.1) is 0 Å². The molecule has 0 bridgehead atoms. The second-order valence-corrected chi connectivity index (χ2v) is 7.48. The molecule has 0 heterocycles. The van der Waals surface area contributed by atoms with Crippen molar-refractivity contribution in [1.82, 2.24) is 4.31 Å². The maximum atomic E-state index is 12.7. The predicted molar refractivity (Wildman–Crippen MR) is 85.1 cm³/mol. The molecule has 1 unspecified atom stereocenters. The first-order chi connectivity index (χ1) is 9.84. The lowest BCUT2D eigenvalue weighted by Gasteiger charge is -2.19. The fraction of sp³-hybridized carbons (Fsp3) is 0.333. The lowest BCUT2D eigenvalue weighted by Crippen LogP contribution is -2.29. The number of nitrogens with zero attached hydrogens (tertiary/aromatic N) is 1. The van der Waals surface area contributed by atoms with Crippen LogP contribution in [0.4, 0.5) is 0 Å². The van der Waals surface area contributed by atoms with Crippen LogP contribution in [0.15, 0.2) is 41.3 Å². The van der Waals surface area contributed by atoms with Gasteiger partial charge in [0.1, 0.15) is 0 Å². The average molecular weight is 328 g/mol. The van der Waals surface area contributed by atoms with Crippen LogP contribution in [0.1, 0.15) is 13.3 Å². The summed E-state index contributed by atoms with van der Waals surface area (Å²) in [6, 6.07) is 10.3. The summed E-state index contributed by atoms with van der Waals surface area (Å²) in [5, 5.41) is 11.1. The first-order valence-corrected chi connectivity index (χ1v) is 8.47. The Balaban J connectivity index is 2.48. The van der Waals surface area contributed by atoms with Crippen molar-refractivity contribution in [2.24, 2.45) is 0 Å². The summed E-state index contributed by atoms with van der Waals surface area (Å²) in [6.45, 7) is 1.90. The molecular formula is C15H18ClNO3S. The number of sulfonamides is 1. The summed E-state index contributed by atoms with van der Waals surface area (Å²) in [5.74, 6) is 0. The molecule has 4 nitrogen and oxygen atoms in total. The van der Waals surface area contributed by atoms with Crippen LogP contribution in [0.5, 0.6) is 0 Å². The van der Waals surface area contributed by atoms with E-state index in [1.54, 1.807) is 31.2 Å². The third-order valence-electron chi connectivity index (χ3n) is 3.38. The van der Waals surface area contributed by atoms with Crippen molar-refractivity contribution >= 4 is 32.4 Å². The Hall–Kier alpha value is -1.14. The van der Waals surface area contributed by atoms with Crippen molar-refractivity contribution in [3.63, 3.8) is 0 Å². The first kappa shape index (κ1) is 16.2. The largest absolute Gasteiger partial charge is 0.393 e. The van der Waals surface area contributed by atoms with E-state index in [9.17, 15) is 13.5 Å². The van der Waals surface area contributed by atoms with Crippen LogP contribution >= 0.6 is 11.6 Å². The number of fused-ring (bicyclic) bond motifs is 1. The van der Waals surface area contributed by atoms with E-state index in [-0.39, 0.29) is 11.4 Å². The topological polar surface area (TPSA) is 57.6 Å². The number of rotatable bonds is 5. The number of halogens is 1. The van der Waals surface area contributed by atoms with E-state index in [0.29, 0.717) is 22.2 Å². The van der Waals surface area contributed by atoms with E-state index >= 15 is 0 Å². The van der Waals surface area contributed by atoms with Crippen LogP contribution in [0.3, 0.4) is 0 Å². The van der Waals surface area contributed by atoms with Crippen molar-refractivity contribution in [1.29, 1.82) is 0 Å². The summed E-state index contributed by atoms with van der Waals surface area (Å²) >= 11 is 6.12. The van der Waals surface area contributed by atoms with Gasteiger partial charge in [0.15, 0.2) is 0 Å². The molecule has 0 aliphatic carbocycles. The average Bonchev–Trinajstić information content (AvgIpc) is 2.45. The van der Waals surface area contributed by atoms with Crippen LogP contribution in [-0.2, 0) is 10.0 Å². The Labute approximate surface area is 130 Å². The molecule has 0 fully saturated rings. The lowest BCUT2D eigenvalue weighted by atomic mass is 10.1. The minimum atomic E-state index is -3.61. The lowest BCUT2D eigenvalue weighted by molar-refractivity contribution is 0.177. The fourth-order valence-corrected chi connectivity index (χ4v) is 3.72. The normalized spacial score (nSPS) is 13.8. The highest BCUT2D eigenvalue weighted by Crippen LogP contribution is 2.30. The minimum absolute atomic E-state index is 0.232. The van der Waals surface area contributed by atoms with Gasteiger partial charge < -0.3 is 5.11 Å². The molecule has 0 radical (unpaired) electrons. The molecule has 1 atom stereocenters. The molecule has 0 aliphatic rings. The zero-order valence-electron chi connectivity index (χ0n) is 12.0. The van der Waals surface area contributed by atoms with E-state index in [4.69, 9.17) is 11.6 Å². The number of aliphatic hydroxyl groups is 1. The van der Waals surface area contributed by atoms with E-state index in [0.717, 1.165) is 0 Å². The van der Waals surface area contributed by atoms with Gasteiger partial charge in [0.25, 0.3) is 0 Å². The van der Waals surface area contributed by atoms with Crippen molar-refractivity contribution < 1.29 is 13.5 Å². The van der Waals surface area contributed by atoms with Crippen LogP contribution in [-0.4, -0.2) is 37.5 Å². The van der Waals surface area contributed by atoms with Gasteiger partial charge in [-0.3, -0.25) is 0 Å². The molecule has 0 amide bonds. The first-order valence-electron chi connectivity index (χ1n) is 6.65. The van der Waals surface area contributed by atoms with Gasteiger partial charge >= 0.3 is 0 Å². The van der Waals surface area contributed by atoms with Crippen LogP contribution in [0, 0.1) is 0 Å². The van der Waals surface area contributed by atoms with Crippen molar-refractivity contribution in [3.05, 3.63) is 41.4 Å². The highest BCUT2D eigenvalue weighted by Gasteiger charge is 2.23. The van der Waals surface area contributed by atoms with Crippen LogP contribution in [0.25, 0.3) is 10.8 Å². The summed E-state index contributed by atoms with van der Waals surface area (Å²) in [7, 11) is -2.10. The molecule has 2 aromatic rings. The molecule has 1 N–H and O–H groups in total. The Morgan fingerprint density at radius 3 is 2.43 bits per heavy atom. The Kier molecular flexibility index (Phi) is 4.88. The molecule has 21 heavy (non-hydrogen) atoms. The molecule has 2 aromatic carbocycles. The smallest absolute Gasteiger partial charge is 0.243 e. The third kappa shape index (κ3) is 3.37. The van der Waals surface area contributed by atoms with E-state index in [1.165, 1.54) is 17.4 Å². The minimum Gasteiger partial charge on any atom is -0.393 e. The fourth-order valence-electron chi connectivity index (χ4n) is 2.12. The molecule has 0 aliphatic heterocycles. The summed E-state index contributed by atoms with van der Waals surface area (Å²) in [5.41, 5.74) is 0. The van der Waals surface area contributed by atoms with Crippen molar-refractivity contribution in [2.75, 3.05) is 13.6 Å². The maximum absolute atomic E-state index is 12.7. The van der Waals surface area contributed by atoms with E-state index in [2.05, 4.69) is 0 Å². The second-order valence-electron chi connectivity index (χ2n) is 5.06. The van der Waals surface area contributed by atoms with Gasteiger partial charge in [-0.2, -0.15) is 0 Å². The standard InChI is InChI=1S/C15H18ClNO3S/c1-11(18)9-10-17(2)21(19,20)15-8-7-14(16)12-5-3-4-6-13(12)15/h3-8,11,18H,9-10H2,1-2H3. The highest BCUT2D eigenvalue weighted by molar-refractivity contribution is 7.89. The van der Waals surface area contributed by atoms with E-state index < -0.39 is 16.1 Å². The maximum Gasteiger partial charge on any atom is 0.243 e. The van der Waals surface area contributed by atoms with Crippen molar-refractivity contribution in [3.8, 4) is 0 Å². The van der Waals surface area contributed by atoms with Crippen LogP contribution in [0.2, 0.25) is 5.02 Å². The van der Waals surface area contributed by atoms with Gasteiger partial charge in [-0.1, -0.05) is 35.9 Å². The third-order valence-corrected chi connectivity index (χ3v) is 5.63. The number of hydrogen-bond donors (Lipinski definition) is 1. The highest BCUT2D eigenvalue weighted by atomic mass is 35.5. The van der Waals surface area contributed by atoms with E-state index in [1.807, 2.05) is 6.07 Å². The number of aliphatic hydroxyl groups excluding tert-OH is 1. The molecule has 0 aromatic heterocycles. The zero-order chi connectivity index (χ0) is 15.6. The monoisotopic (exact) mass is 327 g/mol. The van der Waals surface area contributed by atoms with Gasteiger partial charge in [0.05, 0.1) is 11.0 Å². The molecule has 0 saturated carbocycles. The Bertz CT molecular complexity index is 744. The zero-order valence-corrected chi connectivity index (χ0v) is 13.5. The molecule has 0 saturated heterocycles. The number of benzene rings is 2. The quantitative estimate of drug-likeness (QED) is 0.918. The summed E-state index contributed by atoms with van der Waals surface area (Å²) in [6.07, 6.45) is -0.147. The summed E-state index contributed by atoms with van der Waals surface area (Å²) in [4.78, 5) is 0.232. The number of hydrogen-bond acceptors (Lipinski definition) is 3. The molecule has 114 valence electrons. The molecule has 0 spiro atoms. The van der Waals surface area contributed by atoms with Crippen LogP contribution < -0.4 is 0 Å². The molecule has 6 heteroatoms. The SMILES string of the molecule is CC(O)CCN(C)S(=O)(=O)c1ccc(Cl)c2ccccc12. The molecule has 2 rings (SSSR count). The molecular weight excluding hydrogens is 310 g/mol. The van der Waals surface area contributed by atoms with Gasteiger partial charge in [-0.25, -0.2) is 12.7 Å². The van der Waals surface area contributed by atoms with Crippen molar-refractivity contribution in [2.45, 2.75) is 24.3 Å². The predicted octanol–water partition coefficient (Wildman–Crippen LogP) is 2.88. The van der Waals surface area contributed by atoms with Gasteiger partial charge in [0.2, 0.25) is 10.0 Å². The second kappa shape index (κ2) is 6.32. The van der Waals surface area contributed by atoms with Gasteiger partial charge in [0, 0.05) is 29.4 Å². The van der Waals surface area contributed by atoms with Gasteiger partial charge in [-0.05, 0) is 25.5 Å². The Morgan fingerprint density at radius 1 is 1.19 bits per heavy atom. The Morgan fingerprint density at radius 2 is 1.81 bits per heavy atom. The summed E-state index contributed by atoms with van der Waals surface area (Å²) < 4.78 is 26.6.